The van der Waals surface area contributed by atoms with Crippen molar-refractivity contribution in [2.24, 2.45) is 0 Å². The van der Waals surface area contributed by atoms with E-state index in [0.29, 0.717) is 11.6 Å². The van der Waals surface area contributed by atoms with E-state index in [9.17, 15) is 4.79 Å². The molecule has 6 nitrogen and oxygen atoms in total. The smallest absolute Gasteiger partial charge is 0.322 e. The maximum absolute atomic E-state index is 12.7. The van der Waals surface area contributed by atoms with Gasteiger partial charge in [-0.2, -0.15) is 0 Å². The van der Waals surface area contributed by atoms with Gasteiger partial charge in [0.25, 0.3) is 0 Å². The summed E-state index contributed by atoms with van der Waals surface area (Å²) >= 11 is 0. The molecule has 6 heteroatoms. The van der Waals surface area contributed by atoms with E-state index in [4.69, 9.17) is 9.47 Å². The zero-order valence-corrected chi connectivity index (χ0v) is 13.9. The van der Waals surface area contributed by atoms with Crippen LogP contribution in [-0.2, 0) is 0 Å². The molecule has 1 N–H and O–H groups in total. The Hall–Kier alpha value is -2.76. The van der Waals surface area contributed by atoms with Gasteiger partial charge in [-0.15, -0.1) is 0 Å². The molecule has 1 aromatic carbocycles. The van der Waals surface area contributed by atoms with Gasteiger partial charge in [0.15, 0.2) is 0 Å². The highest BCUT2D eigenvalue weighted by Crippen LogP contribution is 2.33. The second-order valence-corrected chi connectivity index (χ2v) is 5.61. The van der Waals surface area contributed by atoms with Crippen LogP contribution in [0.1, 0.15) is 24.4 Å². The van der Waals surface area contributed by atoms with Crippen molar-refractivity contribution in [3.05, 3.63) is 48.2 Å². The molecule has 0 unspecified atom stereocenters. The van der Waals surface area contributed by atoms with Gasteiger partial charge in [-0.25, -0.2) is 9.78 Å². The van der Waals surface area contributed by atoms with Gasteiger partial charge in [0.1, 0.15) is 11.4 Å². The van der Waals surface area contributed by atoms with Crippen LogP contribution in [0.15, 0.2) is 42.6 Å². The molecule has 126 valence electrons. The fraction of sp³-hybridized carbons (Fsp3) is 0.333. The third-order valence-corrected chi connectivity index (χ3v) is 4.22. The first-order valence-corrected chi connectivity index (χ1v) is 7.93. The number of ether oxygens (including phenoxy) is 2. The van der Waals surface area contributed by atoms with E-state index in [1.807, 2.05) is 29.2 Å². The van der Waals surface area contributed by atoms with Gasteiger partial charge in [0, 0.05) is 12.7 Å². The number of nitrogens with one attached hydrogen (secondary N) is 1. The molecule has 1 saturated heterocycles. The Morgan fingerprint density at radius 1 is 1.21 bits per heavy atom. The average Bonchev–Trinajstić information content (AvgIpc) is 3.12. The molecule has 0 radical (unpaired) electrons. The highest BCUT2D eigenvalue weighted by molar-refractivity contribution is 5.91. The number of nitrogens with zero attached hydrogens (tertiary/aromatic N) is 2. The van der Waals surface area contributed by atoms with Gasteiger partial charge in [-0.1, -0.05) is 12.1 Å². The predicted molar refractivity (Wildman–Crippen MR) is 91.5 cm³/mol. The summed E-state index contributed by atoms with van der Waals surface area (Å²) in [5, 5.41) is 2.90. The molecule has 0 bridgehead atoms. The average molecular weight is 327 g/mol. The van der Waals surface area contributed by atoms with Crippen LogP contribution in [0.4, 0.5) is 10.5 Å². The fourth-order valence-corrected chi connectivity index (χ4v) is 3.02. The van der Waals surface area contributed by atoms with Crippen molar-refractivity contribution in [2.45, 2.75) is 18.9 Å². The fourth-order valence-electron chi connectivity index (χ4n) is 3.02. The van der Waals surface area contributed by atoms with Crippen LogP contribution in [0, 0.1) is 0 Å². The van der Waals surface area contributed by atoms with Gasteiger partial charge in [-0.05, 0) is 42.7 Å². The Balaban J connectivity index is 1.75. The standard InChI is InChI=1S/C18H21N3O3/c1-23-14-9-7-13(8-10-14)16-6-4-12-21(16)18(22)20-15-5-3-11-19-17(15)24-2/h3,5,7-11,16H,4,6,12H2,1-2H3,(H,20,22)/t16-/m1/s1. The molecule has 1 aliphatic rings. The van der Waals surface area contributed by atoms with E-state index in [1.165, 1.54) is 7.11 Å². The highest BCUT2D eigenvalue weighted by Gasteiger charge is 2.30. The normalized spacial score (nSPS) is 16.8. The molecule has 1 atom stereocenters. The van der Waals surface area contributed by atoms with Gasteiger partial charge in [0.2, 0.25) is 5.88 Å². The number of hydrogen-bond donors (Lipinski definition) is 1. The van der Waals surface area contributed by atoms with Crippen molar-refractivity contribution in [3.63, 3.8) is 0 Å². The number of anilines is 1. The molecule has 3 rings (SSSR count). The van der Waals surface area contributed by atoms with Crippen LogP contribution in [-0.4, -0.2) is 36.7 Å². The number of likely N-dealkylation sites (tertiary alicyclic amines) is 1. The first kappa shape index (κ1) is 16.1. The molecular weight excluding hydrogens is 306 g/mol. The number of benzene rings is 1. The first-order chi connectivity index (χ1) is 11.7. The zero-order chi connectivity index (χ0) is 16.9. The molecule has 2 amide bonds. The lowest BCUT2D eigenvalue weighted by atomic mass is 10.0. The lowest BCUT2D eigenvalue weighted by Gasteiger charge is -2.25. The number of hydrogen-bond acceptors (Lipinski definition) is 4. The van der Waals surface area contributed by atoms with Crippen molar-refractivity contribution in [3.8, 4) is 11.6 Å². The Kier molecular flexibility index (Phi) is 4.84. The maximum Gasteiger partial charge on any atom is 0.322 e. The molecule has 0 saturated carbocycles. The van der Waals surface area contributed by atoms with E-state index in [1.54, 1.807) is 25.4 Å². The van der Waals surface area contributed by atoms with Gasteiger partial charge in [0.05, 0.1) is 20.3 Å². The summed E-state index contributed by atoms with van der Waals surface area (Å²) in [6.07, 6.45) is 3.56. The number of methoxy groups -OCH3 is 2. The van der Waals surface area contributed by atoms with Crippen molar-refractivity contribution < 1.29 is 14.3 Å². The molecule has 2 heterocycles. The van der Waals surface area contributed by atoms with Crippen LogP contribution in [0.2, 0.25) is 0 Å². The maximum atomic E-state index is 12.7. The summed E-state index contributed by atoms with van der Waals surface area (Å²) < 4.78 is 10.4. The van der Waals surface area contributed by atoms with Crippen LogP contribution in [0.5, 0.6) is 11.6 Å². The second-order valence-electron chi connectivity index (χ2n) is 5.61. The molecule has 0 aliphatic carbocycles. The Morgan fingerprint density at radius 3 is 2.71 bits per heavy atom. The van der Waals surface area contributed by atoms with Crippen LogP contribution in [0.25, 0.3) is 0 Å². The van der Waals surface area contributed by atoms with E-state index < -0.39 is 0 Å². The van der Waals surface area contributed by atoms with E-state index in [0.717, 1.165) is 30.7 Å². The Morgan fingerprint density at radius 2 is 2.00 bits per heavy atom. The molecule has 24 heavy (non-hydrogen) atoms. The largest absolute Gasteiger partial charge is 0.497 e. The number of amides is 2. The van der Waals surface area contributed by atoms with Gasteiger partial charge >= 0.3 is 6.03 Å². The predicted octanol–water partition coefficient (Wildman–Crippen LogP) is 3.47. The summed E-state index contributed by atoms with van der Waals surface area (Å²) in [6.45, 7) is 0.727. The van der Waals surface area contributed by atoms with Crippen molar-refractivity contribution in [2.75, 3.05) is 26.1 Å². The number of urea groups is 1. The Labute approximate surface area is 141 Å². The minimum Gasteiger partial charge on any atom is -0.497 e. The topological polar surface area (TPSA) is 63.7 Å². The lowest BCUT2D eigenvalue weighted by Crippen LogP contribution is -2.34. The quantitative estimate of drug-likeness (QED) is 0.934. The molecule has 0 spiro atoms. The van der Waals surface area contributed by atoms with Crippen molar-refractivity contribution >= 4 is 11.7 Å². The summed E-state index contributed by atoms with van der Waals surface area (Å²) in [5.41, 5.74) is 1.69. The minimum absolute atomic E-state index is 0.0681. The van der Waals surface area contributed by atoms with Crippen molar-refractivity contribution in [1.82, 2.24) is 9.88 Å². The number of carbonyl (C=O) groups excluding carboxylic acids is 1. The Bertz CT molecular complexity index is 703. The minimum atomic E-state index is -0.139. The summed E-state index contributed by atoms with van der Waals surface area (Å²) in [5.74, 6) is 1.22. The first-order valence-electron chi connectivity index (χ1n) is 7.93. The third kappa shape index (κ3) is 3.27. The molecule has 1 fully saturated rings. The second kappa shape index (κ2) is 7.21. The SMILES string of the molecule is COc1ccc([C@H]2CCCN2C(=O)Nc2cccnc2OC)cc1. The zero-order valence-electron chi connectivity index (χ0n) is 13.9. The molecular formula is C18H21N3O3. The van der Waals surface area contributed by atoms with Gasteiger partial charge in [-0.3, -0.25) is 0 Å². The number of carbonyl (C=O) groups is 1. The monoisotopic (exact) mass is 327 g/mol. The van der Waals surface area contributed by atoms with Crippen LogP contribution < -0.4 is 14.8 Å². The molecule has 1 aromatic heterocycles. The lowest BCUT2D eigenvalue weighted by molar-refractivity contribution is 0.207. The summed E-state index contributed by atoms with van der Waals surface area (Å²) in [4.78, 5) is 18.7. The molecule has 1 aliphatic heterocycles. The van der Waals surface area contributed by atoms with E-state index in [-0.39, 0.29) is 12.1 Å². The summed E-state index contributed by atoms with van der Waals surface area (Å²) in [7, 11) is 3.18. The van der Waals surface area contributed by atoms with Crippen LogP contribution in [0.3, 0.4) is 0 Å². The van der Waals surface area contributed by atoms with Gasteiger partial charge < -0.3 is 19.7 Å². The van der Waals surface area contributed by atoms with Crippen molar-refractivity contribution in [1.29, 1.82) is 0 Å². The molecule has 2 aromatic rings. The van der Waals surface area contributed by atoms with Crippen LogP contribution >= 0.6 is 0 Å². The highest BCUT2D eigenvalue weighted by atomic mass is 16.5. The third-order valence-electron chi connectivity index (χ3n) is 4.22. The number of aromatic nitrogens is 1. The van der Waals surface area contributed by atoms with E-state index in [2.05, 4.69) is 10.3 Å². The number of rotatable bonds is 4. The number of pyridine rings is 1. The van der Waals surface area contributed by atoms with E-state index >= 15 is 0 Å². The summed E-state index contributed by atoms with van der Waals surface area (Å²) in [6, 6.07) is 11.4.